The second-order valence-electron chi connectivity index (χ2n) is 2.92. The van der Waals surface area contributed by atoms with Gasteiger partial charge in [0.2, 0.25) is 0 Å². The summed E-state index contributed by atoms with van der Waals surface area (Å²) in [6, 6.07) is 2.35. The van der Waals surface area contributed by atoms with Crippen LogP contribution in [0, 0.1) is 0 Å². The Kier molecular flexibility index (Phi) is 4.84. The zero-order valence-corrected chi connectivity index (χ0v) is 11.2. The van der Waals surface area contributed by atoms with Crippen molar-refractivity contribution in [3.8, 4) is 5.75 Å². The lowest BCUT2D eigenvalue weighted by molar-refractivity contribution is -0.147. The zero-order chi connectivity index (χ0) is 13.2. The molecule has 0 aliphatic heterocycles. The van der Waals surface area contributed by atoms with Gasteiger partial charge in [-0.05, 0) is 28.1 Å². The van der Waals surface area contributed by atoms with Gasteiger partial charge in [-0.1, -0.05) is 15.9 Å². The van der Waals surface area contributed by atoms with Crippen LogP contribution in [0.2, 0.25) is 0 Å². The normalized spacial score (nSPS) is 12.6. The predicted molar refractivity (Wildman–Crippen MR) is 61.1 cm³/mol. The van der Waals surface area contributed by atoms with Gasteiger partial charge in [0.05, 0.1) is 4.47 Å². The number of ether oxygens (including phenoxy) is 1. The van der Waals surface area contributed by atoms with Gasteiger partial charge in [-0.2, -0.15) is 8.78 Å². The molecule has 17 heavy (non-hydrogen) atoms. The van der Waals surface area contributed by atoms with Gasteiger partial charge in [0.15, 0.2) is 6.10 Å². The number of aliphatic hydroxyl groups is 1. The number of rotatable bonds is 4. The minimum Gasteiger partial charge on any atom is -0.479 e. The van der Waals surface area contributed by atoms with E-state index < -0.39 is 18.7 Å². The van der Waals surface area contributed by atoms with Gasteiger partial charge in [-0.3, -0.25) is 0 Å². The van der Waals surface area contributed by atoms with E-state index in [2.05, 4.69) is 36.6 Å². The topological polar surface area (TPSA) is 66.8 Å². The summed E-state index contributed by atoms with van der Waals surface area (Å²) in [5.41, 5.74) is 0.0333. The summed E-state index contributed by atoms with van der Waals surface area (Å²) in [6.07, 6.45) is -1.75. The first-order chi connectivity index (χ1) is 7.82. The van der Waals surface area contributed by atoms with E-state index in [-0.39, 0.29) is 20.3 Å². The fourth-order valence-corrected chi connectivity index (χ4v) is 2.07. The van der Waals surface area contributed by atoms with Gasteiger partial charge >= 0.3 is 12.6 Å². The molecule has 0 bridgehead atoms. The van der Waals surface area contributed by atoms with Crippen LogP contribution in [0.3, 0.4) is 0 Å². The summed E-state index contributed by atoms with van der Waals surface area (Å²) in [5, 5.41) is 18.0. The maximum atomic E-state index is 12.0. The maximum Gasteiger partial charge on any atom is 0.387 e. The lowest BCUT2D eigenvalue weighted by atomic mass is 10.1. The molecule has 0 heterocycles. The van der Waals surface area contributed by atoms with Crippen LogP contribution >= 0.6 is 31.9 Å². The molecule has 94 valence electrons. The van der Waals surface area contributed by atoms with Gasteiger partial charge in [-0.15, -0.1) is 0 Å². The van der Waals surface area contributed by atoms with Crippen LogP contribution in [-0.4, -0.2) is 22.8 Å². The van der Waals surface area contributed by atoms with Gasteiger partial charge in [0, 0.05) is 10.0 Å². The van der Waals surface area contributed by atoms with Crippen molar-refractivity contribution in [2.45, 2.75) is 12.7 Å². The van der Waals surface area contributed by atoms with E-state index in [4.69, 9.17) is 5.11 Å². The van der Waals surface area contributed by atoms with Crippen molar-refractivity contribution < 1.29 is 28.5 Å². The fourth-order valence-electron chi connectivity index (χ4n) is 1.07. The number of carboxylic acid groups (broad SMARTS) is 1. The van der Waals surface area contributed by atoms with Gasteiger partial charge < -0.3 is 14.9 Å². The first kappa shape index (κ1) is 14.3. The highest BCUT2D eigenvalue weighted by Crippen LogP contribution is 2.35. The molecule has 1 atom stereocenters. The van der Waals surface area contributed by atoms with Gasteiger partial charge in [0.1, 0.15) is 5.75 Å². The highest BCUT2D eigenvalue weighted by Gasteiger charge is 2.21. The fraction of sp³-hybridized carbons (Fsp3) is 0.222. The van der Waals surface area contributed by atoms with E-state index >= 15 is 0 Å². The van der Waals surface area contributed by atoms with Gasteiger partial charge in [0.25, 0.3) is 0 Å². The SMILES string of the molecule is O=C(O)C(O)c1cc(Br)c(OC(F)F)cc1Br. The highest BCUT2D eigenvalue weighted by molar-refractivity contribution is 9.11. The molecule has 4 nitrogen and oxygen atoms in total. The molecular formula is C9H6Br2F2O4. The Morgan fingerprint density at radius 3 is 2.35 bits per heavy atom. The van der Waals surface area contributed by atoms with Crippen molar-refractivity contribution >= 4 is 37.8 Å². The monoisotopic (exact) mass is 374 g/mol. The van der Waals surface area contributed by atoms with Crippen LogP contribution < -0.4 is 4.74 Å². The zero-order valence-electron chi connectivity index (χ0n) is 8.03. The molecule has 0 aliphatic carbocycles. The minimum atomic E-state index is -2.99. The molecule has 0 aromatic heterocycles. The van der Waals surface area contributed by atoms with Crippen molar-refractivity contribution in [1.82, 2.24) is 0 Å². The van der Waals surface area contributed by atoms with Crippen LogP contribution in [-0.2, 0) is 4.79 Å². The molecule has 0 fully saturated rings. The van der Waals surface area contributed by atoms with Crippen LogP contribution in [0.25, 0.3) is 0 Å². The van der Waals surface area contributed by atoms with E-state index in [1.54, 1.807) is 0 Å². The number of carboxylic acids is 1. The predicted octanol–water partition coefficient (Wildman–Crippen LogP) is 2.93. The van der Waals surface area contributed by atoms with E-state index in [1.807, 2.05) is 0 Å². The summed E-state index contributed by atoms with van der Waals surface area (Å²) in [6.45, 7) is -2.99. The van der Waals surface area contributed by atoms with Crippen LogP contribution in [0.15, 0.2) is 21.1 Å². The number of aliphatic carboxylic acids is 1. The molecule has 1 aromatic rings. The number of hydrogen-bond acceptors (Lipinski definition) is 3. The van der Waals surface area contributed by atoms with Crippen molar-refractivity contribution in [3.63, 3.8) is 0 Å². The van der Waals surface area contributed by atoms with Crippen molar-refractivity contribution in [3.05, 3.63) is 26.6 Å². The Balaban J connectivity index is 3.13. The Morgan fingerprint density at radius 1 is 1.29 bits per heavy atom. The Hall–Kier alpha value is -0.730. The van der Waals surface area contributed by atoms with Crippen LogP contribution in [0.1, 0.15) is 11.7 Å². The molecule has 1 aromatic carbocycles. The number of halogens is 4. The summed E-state index contributed by atoms with van der Waals surface area (Å²) >= 11 is 5.92. The Labute approximate surface area is 111 Å². The molecule has 0 radical (unpaired) electrons. The number of alkyl halides is 2. The number of carbonyl (C=O) groups is 1. The third kappa shape index (κ3) is 3.62. The quantitative estimate of drug-likeness (QED) is 0.849. The minimum absolute atomic E-state index is 0.0333. The Morgan fingerprint density at radius 2 is 1.88 bits per heavy atom. The molecule has 1 rings (SSSR count). The summed E-state index contributed by atoms with van der Waals surface area (Å²) in [7, 11) is 0. The molecule has 0 saturated heterocycles. The van der Waals surface area contributed by atoms with E-state index in [9.17, 15) is 18.7 Å². The second-order valence-corrected chi connectivity index (χ2v) is 4.63. The van der Waals surface area contributed by atoms with E-state index in [1.165, 1.54) is 6.07 Å². The lowest BCUT2D eigenvalue weighted by Crippen LogP contribution is -2.11. The lowest BCUT2D eigenvalue weighted by Gasteiger charge is -2.12. The third-order valence-corrected chi connectivity index (χ3v) is 3.10. The van der Waals surface area contributed by atoms with Crippen molar-refractivity contribution in [2.75, 3.05) is 0 Å². The number of benzene rings is 1. The molecule has 8 heteroatoms. The average Bonchev–Trinajstić information content (AvgIpc) is 2.21. The van der Waals surface area contributed by atoms with E-state index in [0.29, 0.717) is 0 Å². The standard InChI is InChI=1S/C9H6Br2F2O4/c10-4-2-6(17-9(12)13)5(11)1-3(4)7(14)8(15)16/h1-2,7,9,14H,(H,15,16). The average molecular weight is 376 g/mol. The Bertz CT molecular complexity index is 439. The molecule has 0 amide bonds. The molecule has 1 unspecified atom stereocenters. The van der Waals surface area contributed by atoms with Crippen LogP contribution in [0.5, 0.6) is 5.75 Å². The van der Waals surface area contributed by atoms with Crippen molar-refractivity contribution in [2.24, 2.45) is 0 Å². The largest absolute Gasteiger partial charge is 0.479 e. The molecular weight excluding hydrogens is 370 g/mol. The molecule has 0 spiro atoms. The summed E-state index contributed by atoms with van der Waals surface area (Å²) in [5.74, 6) is -1.60. The second kappa shape index (κ2) is 5.74. The first-order valence-electron chi connectivity index (χ1n) is 4.17. The maximum absolute atomic E-state index is 12.0. The third-order valence-electron chi connectivity index (χ3n) is 1.80. The number of aliphatic hydroxyl groups excluding tert-OH is 1. The van der Waals surface area contributed by atoms with Crippen LogP contribution in [0.4, 0.5) is 8.78 Å². The van der Waals surface area contributed by atoms with Gasteiger partial charge in [-0.25, -0.2) is 4.79 Å². The summed E-state index contributed by atoms with van der Waals surface area (Å²) < 4.78 is 28.5. The molecule has 0 aliphatic rings. The van der Waals surface area contributed by atoms with E-state index in [0.717, 1.165) is 6.07 Å². The molecule has 2 N–H and O–H groups in total. The summed E-state index contributed by atoms with van der Waals surface area (Å²) in [4.78, 5) is 10.6. The number of hydrogen-bond donors (Lipinski definition) is 2. The molecule has 0 saturated carbocycles. The highest BCUT2D eigenvalue weighted by atomic mass is 79.9. The smallest absolute Gasteiger partial charge is 0.387 e. The first-order valence-corrected chi connectivity index (χ1v) is 5.76. The van der Waals surface area contributed by atoms with Crippen molar-refractivity contribution in [1.29, 1.82) is 0 Å².